The topological polar surface area (TPSA) is 78.3 Å². The zero-order chi connectivity index (χ0) is 19.6. The summed E-state index contributed by atoms with van der Waals surface area (Å²) in [6.07, 6.45) is 0. The molecule has 0 saturated carbocycles. The highest BCUT2D eigenvalue weighted by Crippen LogP contribution is 2.33. The Balaban J connectivity index is 1.62. The molecule has 1 aromatic heterocycles. The number of ether oxygens (including phenoxy) is 3. The van der Waals surface area contributed by atoms with Crippen molar-refractivity contribution in [3.63, 3.8) is 0 Å². The number of hydrogen-bond donors (Lipinski definition) is 2. The van der Waals surface area contributed by atoms with Crippen molar-refractivity contribution in [2.75, 3.05) is 32.8 Å². The van der Waals surface area contributed by atoms with Crippen LogP contribution in [0.2, 0.25) is 0 Å². The number of nitrogens with one attached hydrogen (secondary N) is 2. The van der Waals surface area contributed by atoms with Gasteiger partial charge in [-0.25, -0.2) is 4.79 Å². The Morgan fingerprint density at radius 2 is 2.00 bits per heavy atom. The molecule has 0 fully saturated rings. The van der Waals surface area contributed by atoms with E-state index in [4.69, 9.17) is 14.2 Å². The van der Waals surface area contributed by atoms with Crippen LogP contribution in [0.4, 0.5) is 5.00 Å². The summed E-state index contributed by atoms with van der Waals surface area (Å²) in [5.74, 6) is 0.887. The van der Waals surface area contributed by atoms with Crippen molar-refractivity contribution < 1.29 is 28.7 Å². The Labute approximate surface area is 161 Å². The van der Waals surface area contributed by atoms with Crippen LogP contribution in [-0.4, -0.2) is 39.4 Å². The first kappa shape index (κ1) is 19.2. The van der Waals surface area contributed by atoms with E-state index in [1.807, 2.05) is 39.1 Å². The second-order valence-electron chi connectivity index (χ2n) is 6.53. The van der Waals surface area contributed by atoms with E-state index in [0.29, 0.717) is 17.1 Å². The van der Waals surface area contributed by atoms with Gasteiger partial charge >= 0.3 is 5.97 Å². The van der Waals surface area contributed by atoms with E-state index in [2.05, 4.69) is 5.32 Å². The standard InChI is InChI=1S/C19H22N2O5S/c1-11-12(2)27-18(17(11)19(23)24-4)20-16(22)9-21(3)8-13-5-6-14-15(7-13)26-10-25-14/h5-7H,8-10H2,1-4H3,(H,20,22)/p+1. The van der Waals surface area contributed by atoms with Gasteiger partial charge in [0.1, 0.15) is 11.5 Å². The summed E-state index contributed by atoms with van der Waals surface area (Å²) in [5.41, 5.74) is 2.33. The quantitative estimate of drug-likeness (QED) is 0.731. The van der Waals surface area contributed by atoms with Gasteiger partial charge in [-0.15, -0.1) is 11.3 Å². The number of hydrogen-bond acceptors (Lipinski definition) is 6. The van der Waals surface area contributed by atoms with Crippen LogP contribution in [0.5, 0.6) is 11.5 Å². The molecule has 8 heteroatoms. The van der Waals surface area contributed by atoms with Crippen LogP contribution in [0.15, 0.2) is 18.2 Å². The Kier molecular flexibility index (Phi) is 5.67. The number of esters is 1. The SMILES string of the molecule is COC(=O)c1c(NC(=O)C[NH+](C)Cc2ccc3c(c2)OCO3)sc(C)c1C. The van der Waals surface area contributed by atoms with Crippen LogP contribution < -0.4 is 19.7 Å². The van der Waals surface area contributed by atoms with Gasteiger partial charge in [0.25, 0.3) is 5.91 Å². The monoisotopic (exact) mass is 391 g/mol. The third-order valence-corrected chi connectivity index (χ3v) is 5.56. The Bertz CT molecular complexity index is 877. The summed E-state index contributed by atoms with van der Waals surface area (Å²) < 4.78 is 15.5. The number of thiophene rings is 1. The van der Waals surface area contributed by atoms with E-state index in [-0.39, 0.29) is 19.2 Å². The Hall–Kier alpha value is -2.58. The molecule has 0 aliphatic carbocycles. The van der Waals surface area contributed by atoms with Crippen molar-refractivity contribution >= 4 is 28.2 Å². The maximum absolute atomic E-state index is 12.5. The van der Waals surface area contributed by atoms with E-state index < -0.39 is 5.97 Å². The van der Waals surface area contributed by atoms with Gasteiger partial charge in [0.05, 0.1) is 19.7 Å². The molecule has 27 heavy (non-hydrogen) atoms. The Morgan fingerprint density at radius 1 is 1.26 bits per heavy atom. The van der Waals surface area contributed by atoms with Crippen molar-refractivity contribution in [1.82, 2.24) is 0 Å². The molecule has 1 aromatic carbocycles. The lowest BCUT2D eigenvalue weighted by atomic mass is 10.1. The molecule has 2 heterocycles. The van der Waals surface area contributed by atoms with Gasteiger partial charge < -0.3 is 24.4 Å². The molecule has 2 N–H and O–H groups in total. The number of rotatable bonds is 6. The van der Waals surface area contributed by atoms with E-state index in [9.17, 15) is 9.59 Å². The highest BCUT2D eigenvalue weighted by molar-refractivity contribution is 7.16. The van der Waals surface area contributed by atoms with Gasteiger partial charge in [-0.1, -0.05) is 0 Å². The summed E-state index contributed by atoms with van der Waals surface area (Å²) in [6.45, 7) is 4.94. The first-order valence-electron chi connectivity index (χ1n) is 8.57. The first-order chi connectivity index (χ1) is 12.9. The van der Waals surface area contributed by atoms with Crippen molar-refractivity contribution in [2.45, 2.75) is 20.4 Å². The smallest absolute Gasteiger partial charge is 0.341 e. The number of anilines is 1. The number of benzene rings is 1. The van der Waals surface area contributed by atoms with Crippen LogP contribution in [0, 0.1) is 13.8 Å². The molecule has 0 radical (unpaired) electrons. The van der Waals surface area contributed by atoms with Crippen molar-refractivity contribution in [3.8, 4) is 11.5 Å². The minimum Gasteiger partial charge on any atom is -0.465 e. The average molecular weight is 391 g/mol. The van der Waals surface area contributed by atoms with Gasteiger partial charge in [0.15, 0.2) is 18.0 Å². The normalized spacial score (nSPS) is 13.3. The highest BCUT2D eigenvalue weighted by Gasteiger charge is 2.23. The first-order valence-corrected chi connectivity index (χ1v) is 9.38. The lowest BCUT2D eigenvalue weighted by Crippen LogP contribution is -3.08. The van der Waals surface area contributed by atoms with E-state index in [1.165, 1.54) is 18.4 Å². The fourth-order valence-corrected chi connectivity index (χ4v) is 4.03. The van der Waals surface area contributed by atoms with E-state index >= 15 is 0 Å². The maximum atomic E-state index is 12.5. The third kappa shape index (κ3) is 4.23. The molecule has 1 amide bonds. The number of methoxy groups -OCH3 is 1. The molecule has 3 rings (SSSR count). The number of likely N-dealkylation sites (N-methyl/N-ethyl adjacent to an activating group) is 1. The second kappa shape index (κ2) is 7.98. The fourth-order valence-electron chi connectivity index (χ4n) is 2.97. The largest absolute Gasteiger partial charge is 0.465 e. The average Bonchev–Trinajstić information content (AvgIpc) is 3.18. The van der Waals surface area contributed by atoms with Crippen molar-refractivity contribution in [2.24, 2.45) is 0 Å². The van der Waals surface area contributed by atoms with Gasteiger partial charge in [0, 0.05) is 10.4 Å². The summed E-state index contributed by atoms with van der Waals surface area (Å²) in [4.78, 5) is 26.5. The zero-order valence-corrected chi connectivity index (χ0v) is 16.6. The highest BCUT2D eigenvalue weighted by atomic mass is 32.1. The number of amides is 1. The summed E-state index contributed by atoms with van der Waals surface area (Å²) >= 11 is 1.39. The summed E-state index contributed by atoms with van der Waals surface area (Å²) in [7, 11) is 3.28. The van der Waals surface area contributed by atoms with Crippen LogP contribution in [0.25, 0.3) is 0 Å². The predicted octanol–water partition coefficient (Wildman–Crippen LogP) is 1.53. The third-order valence-electron chi connectivity index (χ3n) is 4.43. The molecule has 144 valence electrons. The van der Waals surface area contributed by atoms with Crippen LogP contribution in [0.1, 0.15) is 26.4 Å². The lowest BCUT2D eigenvalue weighted by Gasteiger charge is -2.14. The van der Waals surface area contributed by atoms with Crippen LogP contribution in [-0.2, 0) is 16.1 Å². The van der Waals surface area contributed by atoms with E-state index in [1.54, 1.807) is 0 Å². The van der Waals surface area contributed by atoms with Gasteiger partial charge in [-0.3, -0.25) is 4.79 Å². The Morgan fingerprint density at radius 3 is 2.74 bits per heavy atom. The number of carbonyl (C=O) groups excluding carboxylic acids is 2. The molecule has 1 atom stereocenters. The molecule has 7 nitrogen and oxygen atoms in total. The second-order valence-corrected chi connectivity index (χ2v) is 7.75. The number of carbonyl (C=O) groups is 2. The number of quaternary nitrogens is 1. The summed E-state index contributed by atoms with van der Waals surface area (Å²) in [5, 5.41) is 3.40. The van der Waals surface area contributed by atoms with Gasteiger partial charge in [-0.2, -0.15) is 0 Å². The number of fused-ring (bicyclic) bond motifs is 1. The minimum absolute atomic E-state index is 0.153. The zero-order valence-electron chi connectivity index (χ0n) is 15.8. The summed E-state index contributed by atoms with van der Waals surface area (Å²) in [6, 6.07) is 5.78. The molecular weight excluding hydrogens is 368 g/mol. The van der Waals surface area contributed by atoms with Crippen LogP contribution >= 0.6 is 11.3 Å². The molecule has 1 unspecified atom stereocenters. The fraction of sp³-hybridized carbons (Fsp3) is 0.368. The minimum atomic E-state index is -0.437. The molecule has 0 saturated heterocycles. The van der Waals surface area contributed by atoms with E-state index in [0.717, 1.165) is 32.4 Å². The number of aryl methyl sites for hydroxylation is 1. The van der Waals surface area contributed by atoms with Crippen LogP contribution in [0.3, 0.4) is 0 Å². The lowest BCUT2D eigenvalue weighted by molar-refractivity contribution is -0.885. The maximum Gasteiger partial charge on any atom is 0.341 e. The molecule has 1 aliphatic rings. The molecule has 2 aromatic rings. The van der Waals surface area contributed by atoms with Crippen molar-refractivity contribution in [3.05, 3.63) is 39.8 Å². The van der Waals surface area contributed by atoms with Gasteiger partial charge in [-0.05, 0) is 37.6 Å². The molecule has 0 bridgehead atoms. The molecular formula is C19H23N2O5S+. The van der Waals surface area contributed by atoms with Crippen molar-refractivity contribution in [1.29, 1.82) is 0 Å². The molecule has 0 spiro atoms. The predicted molar refractivity (Wildman–Crippen MR) is 102 cm³/mol. The molecule has 1 aliphatic heterocycles. The van der Waals surface area contributed by atoms with Gasteiger partial charge in [0.2, 0.25) is 6.79 Å².